The summed E-state index contributed by atoms with van der Waals surface area (Å²) in [5, 5.41) is 7.28. The zero-order chi connectivity index (χ0) is 48.2. The van der Waals surface area contributed by atoms with Gasteiger partial charge >= 0.3 is 0 Å². The van der Waals surface area contributed by atoms with E-state index in [0.29, 0.717) is 0 Å². The monoisotopic (exact) mass is 930 g/mol. The fourth-order valence-corrected chi connectivity index (χ4v) is 11.1. The zero-order valence-corrected chi connectivity index (χ0v) is 39.9. The van der Waals surface area contributed by atoms with Gasteiger partial charge in [0.05, 0.1) is 11.0 Å². The van der Waals surface area contributed by atoms with Gasteiger partial charge in [-0.2, -0.15) is 0 Å². The fourth-order valence-electron chi connectivity index (χ4n) is 11.1. The summed E-state index contributed by atoms with van der Waals surface area (Å²) >= 11 is 0. The van der Waals surface area contributed by atoms with E-state index in [1.807, 2.05) is 12.1 Å². The van der Waals surface area contributed by atoms with Crippen LogP contribution < -0.4 is 4.90 Å². The first-order chi connectivity index (χ1) is 36.2. The molecule has 2 aromatic heterocycles. The van der Waals surface area contributed by atoms with Gasteiger partial charge in [0.15, 0.2) is 0 Å². The molecule has 14 aromatic rings. The van der Waals surface area contributed by atoms with Gasteiger partial charge in [-0.05, 0) is 140 Å². The third-order valence-electron chi connectivity index (χ3n) is 14.6. The maximum Gasteiger partial charge on any atom is 0.143 e. The average Bonchev–Trinajstić information content (AvgIpc) is 4.03. The molecule has 0 bridgehead atoms. The molecule has 0 fully saturated rings. The Hall–Kier alpha value is -9.70. The Balaban J connectivity index is 0.812. The first-order valence-electron chi connectivity index (χ1n) is 25.0. The van der Waals surface area contributed by atoms with E-state index in [1.54, 1.807) is 0 Å². The van der Waals surface area contributed by atoms with Gasteiger partial charge in [-0.15, -0.1) is 0 Å². The molecule has 0 aliphatic carbocycles. The topological polar surface area (TPSA) is 21.3 Å². The van der Waals surface area contributed by atoms with E-state index >= 15 is 0 Å². The van der Waals surface area contributed by atoms with Gasteiger partial charge in [0.25, 0.3) is 0 Å². The highest BCUT2D eigenvalue weighted by Gasteiger charge is 2.18. The lowest BCUT2D eigenvalue weighted by Gasteiger charge is -2.26. The number of benzene rings is 12. The molecule has 0 aliphatic heterocycles. The molecule has 14 rings (SSSR count). The first-order valence-corrected chi connectivity index (χ1v) is 25.0. The average molecular weight is 931 g/mol. The SMILES string of the molecule is c1cc(-c2ccc(N(c3ccc(-c4cccc(-c5cccc6ccccc56)c4)cc3)c3ccc(-c4cccc5c4oc4ccccc45)cc3)cc2)cc(-c2cccc(-n3c4ccccc4c4ccccc43)c2)c1. The highest BCUT2D eigenvalue weighted by atomic mass is 16.3. The lowest BCUT2D eigenvalue weighted by molar-refractivity contribution is 0.670. The van der Waals surface area contributed by atoms with Gasteiger partial charge in [-0.3, -0.25) is 0 Å². The molecule has 0 unspecified atom stereocenters. The standard InChI is InChI=1S/C70H46N2O/c1-2-22-60-49(14-1)15-12-26-61(60)55-20-10-17-52(45-55)48-34-40-57(41-35-48)71(58-42-36-50(37-43-58)62-27-13-28-66-65-25-5-8-31-69(65)73-70(62)66)56-38-32-47(33-39-56)51-16-9-18-53(44-51)54-19-11-21-59(46-54)72-67-29-6-3-23-63(67)64-24-4-7-30-68(64)72/h1-46H. The Morgan fingerprint density at radius 2 is 0.712 bits per heavy atom. The largest absolute Gasteiger partial charge is 0.455 e. The molecule has 0 amide bonds. The van der Waals surface area contributed by atoms with Gasteiger partial charge in [-0.25, -0.2) is 0 Å². The van der Waals surface area contributed by atoms with Crippen molar-refractivity contribution >= 4 is 71.6 Å². The molecular weight excluding hydrogens is 885 g/mol. The van der Waals surface area contributed by atoms with Crippen LogP contribution >= 0.6 is 0 Å². The van der Waals surface area contributed by atoms with E-state index in [-0.39, 0.29) is 0 Å². The molecule has 0 saturated heterocycles. The second-order valence-electron chi connectivity index (χ2n) is 18.9. The minimum absolute atomic E-state index is 0.899. The van der Waals surface area contributed by atoms with Crippen LogP contribution in [0.25, 0.3) is 116 Å². The predicted octanol–water partition coefficient (Wildman–Crippen LogP) is 19.6. The van der Waals surface area contributed by atoms with E-state index in [0.717, 1.165) is 72.5 Å². The van der Waals surface area contributed by atoms with Crippen molar-refractivity contribution in [3.8, 4) is 61.3 Å². The van der Waals surface area contributed by atoms with Gasteiger partial charge in [-0.1, -0.05) is 200 Å². The normalized spacial score (nSPS) is 11.6. The third-order valence-corrected chi connectivity index (χ3v) is 14.6. The lowest BCUT2D eigenvalue weighted by Crippen LogP contribution is -2.09. The summed E-state index contributed by atoms with van der Waals surface area (Å²) in [7, 11) is 0. The Bertz CT molecular complexity index is 4310. The highest BCUT2D eigenvalue weighted by Crippen LogP contribution is 2.41. The highest BCUT2D eigenvalue weighted by molar-refractivity contribution is 6.10. The quantitative estimate of drug-likeness (QED) is 0.144. The Morgan fingerprint density at radius 1 is 0.274 bits per heavy atom. The van der Waals surface area contributed by atoms with E-state index in [9.17, 15) is 0 Å². The van der Waals surface area contributed by atoms with Gasteiger partial charge < -0.3 is 13.9 Å². The summed E-state index contributed by atoms with van der Waals surface area (Å²) < 4.78 is 8.86. The van der Waals surface area contributed by atoms with Crippen LogP contribution in [0.1, 0.15) is 0 Å². The van der Waals surface area contributed by atoms with Crippen molar-refractivity contribution in [3.05, 3.63) is 279 Å². The number of aromatic nitrogens is 1. The molecule has 73 heavy (non-hydrogen) atoms. The molecule has 342 valence electrons. The van der Waals surface area contributed by atoms with Gasteiger partial charge in [0.1, 0.15) is 11.2 Å². The smallest absolute Gasteiger partial charge is 0.143 e. The van der Waals surface area contributed by atoms with Crippen LogP contribution in [0.15, 0.2) is 283 Å². The Labute approximate surface area is 423 Å². The van der Waals surface area contributed by atoms with Crippen molar-refractivity contribution in [1.82, 2.24) is 4.57 Å². The van der Waals surface area contributed by atoms with Crippen molar-refractivity contribution < 1.29 is 4.42 Å². The maximum atomic E-state index is 6.47. The number of furan rings is 1. The third kappa shape index (κ3) is 7.46. The van der Waals surface area contributed by atoms with Crippen LogP contribution in [0.4, 0.5) is 17.1 Å². The van der Waals surface area contributed by atoms with Gasteiger partial charge in [0, 0.05) is 49.9 Å². The zero-order valence-electron chi connectivity index (χ0n) is 39.9. The molecule has 3 heteroatoms. The Morgan fingerprint density at radius 3 is 1.37 bits per heavy atom. The van der Waals surface area contributed by atoms with E-state index < -0.39 is 0 Å². The number of nitrogens with zero attached hydrogens (tertiary/aromatic N) is 2. The number of para-hydroxylation sites is 4. The lowest BCUT2D eigenvalue weighted by atomic mass is 9.95. The molecule has 12 aromatic carbocycles. The molecule has 3 nitrogen and oxygen atoms in total. The van der Waals surface area contributed by atoms with Crippen molar-refractivity contribution in [2.45, 2.75) is 0 Å². The van der Waals surface area contributed by atoms with E-state index in [1.165, 1.54) is 60.4 Å². The molecule has 0 saturated carbocycles. The summed E-state index contributed by atoms with van der Waals surface area (Å²) in [6.07, 6.45) is 0. The summed E-state index contributed by atoms with van der Waals surface area (Å²) in [4.78, 5) is 2.35. The summed E-state index contributed by atoms with van der Waals surface area (Å²) in [5.74, 6) is 0. The summed E-state index contributed by atoms with van der Waals surface area (Å²) in [6, 6.07) is 101. The second kappa shape index (κ2) is 17.6. The predicted molar refractivity (Wildman–Crippen MR) is 307 cm³/mol. The van der Waals surface area contributed by atoms with Crippen LogP contribution in [-0.4, -0.2) is 4.57 Å². The molecule has 0 radical (unpaired) electrons. The van der Waals surface area contributed by atoms with Crippen molar-refractivity contribution in [2.24, 2.45) is 0 Å². The molecule has 0 N–H and O–H groups in total. The maximum absolute atomic E-state index is 6.47. The molecular formula is C70H46N2O. The van der Waals surface area contributed by atoms with Crippen molar-refractivity contribution in [1.29, 1.82) is 0 Å². The number of anilines is 3. The first kappa shape index (κ1) is 42.2. The summed E-state index contributed by atoms with van der Waals surface area (Å²) in [6.45, 7) is 0. The molecule has 0 aliphatic rings. The number of hydrogen-bond donors (Lipinski definition) is 0. The molecule has 0 spiro atoms. The number of hydrogen-bond acceptors (Lipinski definition) is 2. The van der Waals surface area contributed by atoms with Crippen LogP contribution in [0.3, 0.4) is 0 Å². The number of fused-ring (bicyclic) bond motifs is 7. The molecule has 2 heterocycles. The number of rotatable bonds is 9. The Kier molecular flexibility index (Phi) is 10.2. The van der Waals surface area contributed by atoms with E-state index in [4.69, 9.17) is 4.42 Å². The van der Waals surface area contributed by atoms with Crippen molar-refractivity contribution in [3.63, 3.8) is 0 Å². The van der Waals surface area contributed by atoms with Crippen LogP contribution in [0.5, 0.6) is 0 Å². The van der Waals surface area contributed by atoms with Gasteiger partial charge in [0.2, 0.25) is 0 Å². The molecule has 0 atom stereocenters. The second-order valence-corrected chi connectivity index (χ2v) is 18.9. The minimum Gasteiger partial charge on any atom is -0.455 e. The van der Waals surface area contributed by atoms with Crippen LogP contribution in [-0.2, 0) is 0 Å². The van der Waals surface area contributed by atoms with Crippen LogP contribution in [0.2, 0.25) is 0 Å². The van der Waals surface area contributed by atoms with Crippen LogP contribution in [0, 0.1) is 0 Å². The fraction of sp³-hybridized carbons (Fsp3) is 0. The van der Waals surface area contributed by atoms with Crippen molar-refractivity contribution in [2.75, 3.05) is 4.90 Å². The minimum atomic E-state index is 0.899. The van der Waals surface area contributed by atoms with E-state index in [2.05, 4.69) is 276 Å². The summed E-state index contributed by atoms with van der Waals surface area (Å²) in [5.41, 5.74) is 20.2.